The molecule has 0 aliphatic heterocycles. The summed E-state index contributed by atoms with van der Waals surface area (Å²) in [6.07, 6.45) is 3.97. The van der Waals surface area contributed by atoms with Crippen LogP contribution in [-0.2, 0) is 13.1 Å². The van der Waals surface area contributed by atoms with Gasteiger partial charge in [-0.1, -0.05) is 18.2 Å². The van der Waals surface area contributed by atoms with E-state index in [0.29, 0.717) is 0 Å². The van der Waals surface area contributed by atoms with E-state index in [4.69, 9.17) is 0 Å². The molecule has 0 spiro atoms. The standard InChI is InChI=1S/C12H15N3/c1-2-15-10-11(9-14-15)8-13-12-6-4-3-5-7-12/h3-7,9-10,13H,2,8H2,1H3. The predicted molar refractivity (Wildman–Crippen MR) is 61.7 cm³/mol. The van der Waals surface area contributed by atoms with Crippen molar-refractivity contribution in [2.45, 2.75) is 20.0 Å². The lowest BCUT2D eigenvalue weighted by molar-refractivity contribution is 0.659. The molecule has 1 heterocycles. The van der Waals surface area contributed by atoms with Crippen molar-refractivity contribution in [3.63, 3.8) is 0 Å². The molecule has 0 bridgehead atoms. The molecule has 78 valence electrons. The minimum Gasteiger partial charge on any atom is -0.381 e. The maximum atomic E-state index is 4.22. The molecule has 0 radical (unpaired) electrons. The van der Waals surface area contributed by atoms with Gasteiger partial charge in [0.25, 0.3) is 0 Å². The number of aromatic nitrogens is 2. The van der Waals surface area contributed by atoms with Gasteiger partial charge in [-0.3, -0.25) is 4.68 Å². The van der Waals surface area contributed by atoms with Crippen LogP contribution in [0.3, 0.4) is 0 Å². The van der Waals surface area contributed by atoms with Gasteiger partial charge in [0.1, 0.15) is 0 Å². The van der Waals surface area contributed by atoms with Crippen LogP contribution in [0.2, 0.25) is 0 Å². The van der Waals surface area contributed by atoms with Gasteiger partial charge in [-0.25, -0.2) is 0 Å². The summed E-state index contributed by atoms with van der Waals surface area (Å²) in [6.45, 7) is 3.83. The average Bonchev–Trinajstić information content (AvgIpc) is 2.76. The molecule has 0 saturated carbocycles. The largest absolute Gasteiger partial charge is 0.381 e. The van der Waals surface area contributed by atoms with Crippen molar-refractivity contribution < 1.29 is 0 Å². The zero-order chi connectivity index (χ0) is 10.5. The van der Waals surface area contributed by atoms with E-state index < -0.39 is 0 Å². The SMILES string of the molecule is CCn1cc(CNc2ccccc2)cn1. The molecular weight excluding hydrogens is 186 g/mol. The Morgan fingerprint density at radius 1 is 1.27 bits per heavy atom. The number of benzene rings is 1. The van der Waals surface area contributed by atoms with Gasteiger partial charge in [0.15, 0.2) is 0 Å². The number of anilines is 1. The molecule has 0 saturated heterocycles. The Balaban J connectivity index is 1.93. The van der Waals surface area contributed by atoms with Crippen LogP contribution in [0.5, 0.6) is 0 Å². The van der Waals surface area contributed by atoms with E-state index in [1.165, 1.54) is 5.56 Å². The molecule has 1 aromatic carbocycles. The van der Waals surface area contributed by atoms with Crippen molar-refractivity contribution in [3.8, 4) is 0 Å². The van der Waals surface area contributed by atoms with E-state index in [-0.39, 0.29) is 0 Å². The van der Waals surface area contributed by atoms with Crippen LogP contribution in [0.25, 0.3) is 0 Å². The Labute approximate surface area is 89.7 Å². The van der Waals surface area contributed by atoms with E-state index in [1.807, 2.05) is 29.1 Å². The molecule has 2 aromatic rings. The highest BCUT2D eigenvalue weighted by atomic mass is 15.3. The molecule has 0 amide bonds. The number of rotatable bonds is 4. The summed E-state index contributed by atoms with van der Waals surface area (Å²) in [5, 5.41) is 7.57. The number of hydrogen-bond donors (Lipinski definition) is 1. The van der Waals surface area contributed by atoms with Crippen molar-refractivity contribution >= 4 is 5.69 Å². The van der Waals surface area contributed by atoms with Gasteiger partial charge in [0, 0.05) is 30.5 Å². The second-order valence-electron chi connectivity index (χ2n) is 3.42. The summed E-state index contributed by atoms with van der Waals surface area (Å²) in [5.41, 5.74) is 2.35. The Bertz CT molecular complexity index is 406. The molecule has 0 aliphatic rings. The Hall–Kier alpha value is -1.77. The molecule has 3 nitrogen and oxygen atoms in total. The third-order valence-corrected chi connectivity index (χ3v) is 2.28. The fourth-order valence-corrected chi connectivity index (χ4v) is 1.43. The van der Waals surface area contributed by atoms with Crippen LogP contribution in [0.1, 0.15) is 12.5 Å². The van der Waals surface area contributed by atoms with Crippen LogP contribution < -0.4 is 5.32 Å². The topological polar surface area (TPSA) is 29.9 Å². The smallest absolute Gasteiger partial charge is 0.0539 e. The summed E-state index contributed by atoms with van der Waals surface area (Å²) in [6, 6.07) is 10.2. The zero-order valence-electron chi connectivity index (χ0n) is 8.85. The van der Waals surface area contributed by atoms with Gasteiger partial charge in [-0.05, 0) is 19.1 Å². The van der Waals surface area contributed by atoms with Crippen molar-refractivity contribution in [1.82, 2.24) is 9.78 Å². The zero-order valence-corrected chi connectivity index (χ0v) is 8.85. The van der Waals surface area contributed by atoms with Gasteiger partial charge in [0.05, 0.1) is 6.20 Å². The van der Waals surface area contributed by atoms with Crippen molar-refractivity contribution in [1.29, 1.82) is 0 Å². The summed E-state index contributed by atoms with van der Waals surface area (Å²) >= 11 is 0. The summed E-state index contributed by atoms with van der Waals surface area (Å²) in [4.78, 5) is 0. The average molecular weight is 201 g/mol. The lowest BCUT2D eigenvalue weighted by Crippen LogP contribution is -1.98. The predicted octanol–water partition coefficient (Wildman–Crippen LogP) is 2.52. The summed E-state index contributed by atoms with van der Waals surface area (Å²) in [7, 11) is 0. The van der Waals surface area contributed by atoms with Gasteiger partial charge in [-0.2, -0.15) is 5.10 Å². The number of para-hydroxylation sites is 1. The highest BCUT2D eigenvalue weighted by molar-refractivity contribution is 5.42. The molecule has 0 atom stereocenters. The Kier molecular flexibility index (Phi) is 3.02. The van der Waals surface area contributed by atoms with E-state index in [2.05, 4.69) is 35.7 Å². The first-order valence-electron chi connectivity index (χ1n) is 5.18. The van der Waals surface area contributed by atoms with Crippen LogP contribution in [0.4, 0.5) is 5.69 Å². The molecular formula is C12H15N3. The van der Waals surface area contributed by atoms with Crippen molar-refractivity contribution in [3.05, 3.63) is 48.3 Å². The molecule has 2 rings (SSSR count). The number of hydrogen-bond acceptors (Lipinski definition) is 2. The molecule has 15 heavy (non-hydrogen) atoms. The number of aryl methyl sites for hydroxylation is 1. The summed E-state index contributed by atoms with van der Waals surface area (Å²) in [5.74, 6) is 0. The van der Waals surface area contributed by atoms with Crippen molar-refractivity contribution in [2.75, 3.05) is 5.32 Å². The lowest BCUT2D eigenvalue weighted by atomic mass is 10.3. The maximum absolute atomic E-state index is 4.22. The molecule has 0 aliphatic carbocycles. The highest BCUT2D eigenvalue weighted by Crippen LogP contribution is 2.07. The highest BCUT2D eigenvalue weighted by Gasteiger charge is 1.96. The first kappa shape index (κ1) is 9.77. The molecule has 3 heteroatoms. The minimum atomic E-state index is 0.823. The maximum Gasteiger partial charge on any atom is 0.0539 e. The van der Waals surface area contributed by atoms with Gasteiger partial charge in [0.2, 0.25) is 0 Å². The van der Waals surface area contributed by atoms with Gasteiger partial charge >= 0.3 is 0 Å². The second-order valence-corrected chi connectivity index (χ2v) is 3.42. The van der Waals surface area contributed by atoms with E-state index >= 15 is 0 Å². The van der Waals surface area contributed by atoms with Gasteiger partial charge in [-0.15, -0.1) is 0 Å². The van der Waals surface area contributed by atoms with Crippen molar-refractivity contribution in [2.24, 2.45) is 0 Å². The molecule has 1 N–H and O–H groups in total. The normalized spacial score (nSPS) is 10.2. The summed E-state index contributed by atoms with van der Waals surface area (Å²) < 4.78 is 1.93. The Morgan fingerprint density at radius 2 is 2.07 bits per heavy atom. The number of nitrogens with zero attached hydrogens (tertiary/aromatic N) is 2. The Morgan fingerprint density at radius 3 is 2.73 bits per heavy atom. The third-order valence-electron chi connectivity index (χ3n) is 2.28. The van der Waals surface area contributed by atoms with Crippen LogP contribution >= 0.6 is 0 Å². The van der Waals surface area contributed by atoms with Crippen LogP contribution in [-0.4, -0.2) is 9.78 Å². The third kappa shape index (κ3) is 2.59. The molecule has 0 fully saturated rings. The fourth-order valence-electron chi connectivity index (χ4n) is 1.43. The fraction of sp³-hybridized carbons (Fsp3) is 0.250. The molecule has 0 unspecified atom stereocenters. The quantitative estimate of drug-likeness (QED) is 0.823. The number of nitrogens with one attached hydrogen (secondary N) is 1. The first-order valence-corrected chi connectivity index (χ1v) is 5.18. The van der Waals surface area contributed by atoms with E-state index in [9.17, 15) is 0 Å². The van der Waals surface area contributed by atoms with Gasteiger partial charge < -0.3 is 5.32 Å². The minimum absolute atomic E-state index is 0.823. The van der Waals surface area contributed by atoms with Crippen LogP contribution in [0.15, 0.2) is 42.7 Å². The van der Waals surface area contributed by atoms with E-state index in [0.717, 1.165) is 18.8 Å². The van der Waals surface area contributed by atoms with Crippen LogP contribution in [0, 0.1) is 0 Å². The second kappa shape index (κ2) is 4.64. The molecule has 1 aromatic heterocycles. The van der Waals surface area contributed by atoms with E-state index in [1.54, 1.807) is 0 Å². The first-order chi connectivity index (χ1) is 7.38. The lowest BCUT2D eigenvalue weighted by Gasteiger charge is -2.03. The monoisotopic (exact) mass is 201 g/mol.